The number of anilines is 1. The summed E-state index contributed by atoms with van der Waals surface area (Å²) < 4.78 is 73.5. The molecule has 0 radical (unpaired) electrons. The van der Waals surface area contributed by atoms with E-state index in [-0.39, 0.29) is 72.1 Å². The summed E-state index contributed by atoms with van der Waals surface area (Å²) in [7, 11) is -16.5. The van der Waals surface area contributed by atoms with Crippen molar-refractivity contribution in [2.45, 2.75) is 153 Å². The van der Waals surface area contributed by atoms with Gasteiger partial charge in [0.1, 0.15) is 48.1 Å². The number of amides is 2. The topological polar surface area (TPSA) is 440 Å². The van der Waals surface area contributed by atoms with E-state index in [9.17, 15) is 72.9 Å². The first-order valence-corrected chi connectivity index (χ1v) is 28.9. The number of nitrogens with one attached hydrogen (secondary N) is 2. The lowest BCUT2D eigenvalue weighted by molar-refractivity contribution is -0.261. The molecule has 2 unspecified atom stereocenters. The summed E-state index contributed by atoms with van der Waals surface area (Å²) in [6.45, 7) is 2.45. The molecule has 2 amide bonds. The van der Waals surface area contributed by atoms with Crippen LogP contribution >= 0.6 is 35.2 Å². The standard InChI is InChI=1S/C40H68N7O22P3S/c1-24-26(49)19-27(50)39(66-24)63-16-11-9-7-5-4-6-8-10-12-25(48)18-30(52)73-17-15-42-29(51)13-14-43-37(55)34(54)40(2,3)21-65-72(61,62)69-71(59,60)64-20-28-33(68-70(56,57)58)32(53)38(67-28)47-23-46-31-35(41)44-22-45-36(31)47/h22-24,26-28,32-34,38-39,49-50,53-54H,4-21H2,1-3H3,(H,42,51)(H,43,55)(H,59,60)(H,61,62)(H2,41,44,45)(H2,56,57,58)/t24-,26+,27+,28+,32+,33+,34-,38+,39+/m0/s1. The number of thioether (sulfide) groups is 1. The van der Waals surface area contributed by atoms with Gasteiger partial charge >= 0.3 is 23.5 Å². The van der Waals surface area contributed by atoms with Gasteiger partial charge < -0.3 is 70.6 Å². The molecule has 0 bridgehead atoms. The minimum Gasteiger partial charge on any atom is -0.390 e. The van der Waals surface area contributed by atoms with Crippen LogP contribution in [-0.2, 0) is 65.0 Å². The van der Waals surface area contributed by atoms with Gasteiger partial charge in [0, 0.05) is 50.1 Å². The van der Waals surface area contributed by atoms with Crippen LogP contribution in [0.2, 0.25) is 0 Å². The lowest BCUT2D eigenvalue weighted by Crippen LogP contribution is -2.47. The zero-order valence-electron chi connectivity index (χ0n) is 40.5. The van der Waals surface area contributed by atoms with Gasteiger partial charge in [-0.25, -0.2) is 28.6 Å². The van der Waals surface area contributed by atoms with Gasteiger partial charge in [0.15, 0.2) is 29.1 Å². The SMILES string of the molecule is C[C@@H]1O[C@@H](OCCCCCCCCCCC(=O)CC(=O)SCCNC(=O)CCNC(=O)[C@H](O)C(C)(C)COP(=O)(O)OP(=O)(O)OC[C@H]2O[C@@H](n3cnc4c(N)ncnc43)[C@H](O)[C@@H]2OP(=O)(O)O)[C@H](O)C[C@H]1O. The monoisotopic (exact) mass is 1120 g/mol. The maximum Gasteiger partial charge on any atom is 0.481 e. The number of rotatable bonds is 33. The number of aromatic nitrogens is 4. The molecule has 2 fully saturated rings. The van der Waals surface area contributed by atoms with E-state index in [2.05, 4.69) is 34.4 Å². The highest BCUT2D eigenvalue weighted by Gasteiger charge is 2.50. The number of hydrogen-bond acceptors (Lipinski definition) is 23. The van der Waals surface area contributed by atoms with Gasteiger partial charge in [-0.3, -0.25) is 37.3 Å². The number of unbranched alkanes of at least 4 members (excludes halogenated alkanes) is 7. The third-order valence-electron chi connectivity index (χ3n) is 11.4. The zero-order chi connectivity index (χ0) is 54.1. The number of nitrogen functional groups attached to an aromatic ring is 1. The molecule has 2 aromatic rings. The number of ether oxygens (including phenoxy) is 3. The Labute approximate surface area is 424 Å². The highest BCUT2D eigenvalue weighted by molar-refractivity contribution is 8.13. The Balaban J connectivity index is 1.04. The van der Waals surface area contributed by atoms with E-state index in [1.54, 1.807) is 6.92 Å². The Hall–Kier alpha value is -2.93. The molecule has 11 atom stereocenters. The number of hydrogen-bond donors (Lipinski definition) is 11. The van der Waals surface area contributed by atoms with Crippen molar-refractivity contribution in [3.8, 4) is 0 Å². The van der Waals surface area contributed by atoms with Crippen molar-refractivity contribution in [3.05, 3.63) is 12.7 Å². The number of fused-ring (bicyclic) bond motifs is 1. The number of aliphatic hydroxyl groups is 4. The van der Waals surface area contributed by atoms with Crippen LogP contribution in [0, 0.1) is 5.41 Å². The number of imidazole rings is 1. The molecule has 2 aliphatic heterocycles. The lowest BCUT2D eigenvalue weighted by Gasteiger charge is -2.35. The first kappa shape index (κ1) is 62.6. The van der Waals surface area contributed by atoms with Gasteiger partial charge in [0.05, 0.1) is 38.2 Å². The quantitative estimate of drug-likeness (QED) is 0.0270. The number of carbonyl (C=O) groups is 4. The lowest BCUT2D eigenvalue weighted by atomic mass is 9.87. The summed E-state index contributed by atoms with van der Waals surface area (Å²) in [5.74, 6) is -1.52. The van der Waals surface area contributed by atoms with Crippen molar-refractivity contribution in [1.82, 2.24) is 30.2 Å². The van der Waals surface area contributed by atoms with Gasteiger partial charge in [-0.15, -0.1) is 0 Å². The van der Waals surface area contributed by atoms with Crippen molar-refractivity contribution in [3.63, 3.8) is 0 Å². The summed E-state index contributed by atoms with van der Waals surface area (Å²) in [5, 5.41) is 45.9. The summed E-state index contributed by atoms with van der Waals surface area (Å²) >= 11 is 0.906. The summed E-state index contributed by atoms with van der Waals surface area (Å²) in [6, 6.07) is 0. The first-order valence-electron chi connectivity index (χ1n) is 23.4. The molecule has 4 rings (SSSR count). The Morgan fingerprint density at radius 1 is 0.890 bits per heavy atom. The molecule has 2 aromatic heterocycles. The molecule has 2 aliphatic rings. The number of nitrogens with two attached hydrogens (primary N) is 1. The predicted molar refractivity (Wildman–Crippen MR) is 255 cm³/mol. The Morgan fingerprint density at radius 2 is 1.55 bits per heavy atom. The van der Waals surface area contributed by atoms with E-state index >= 15 is 0 Å². The van der Waals surface area contributed by atoms with Crippen LogP contribution in [0.3, 0.4) is 0 Å². The molecule has 0 aromatic carbocycles. The average Bonchev–Trinajstić information content (AvgIpc) is 3.86. The molecule has 4 heterocycles. The molecule has 33 heteroatoms. The number of nitrogens with zero attached hydrogens (tertiary/aromatic N) is 4. The molecule has 29 nitrogen and oxygen atoms in total. The maximum absolute atomic E-state index is 12.8. The second-order valence-corrected chi connectivity index (χ2v) is 23.4. The van der Waals surface area contributed by atoms with Crippen LogP contribution in [0.4, 0.5) is 5.82 Å². The Bertz CT molecular complexity index is 2280. The molecule has 2 saturated heterocycles. The molecular formula is C40H68N7O22P3S. The van der Waals surface area contributed by atoms with E-state index in [1.807, 2.05) is 0 Å². The molecule has 0 aliphatic carbocycles. The van der Waals surface area contributed by atoms with Crippen LogP contribution in [-0.4, -0.2) is 170 Å². The fourth-order valence-corrected chi connectivity index (χ4v) is 10.9. The van der Waals surface area contributed by atoms with Crippen molar-refractivity contribution >= 4 is 74.9 Å². The van der Waals surface area contributed by atoms with Crippen molar-refractivity contribution in [2.24, 2.45) is 5.41 Å². The second kappa shape index (κ2) is 29.0. The number of Topliss-reactive ketones (excluding diaryl/α,β-unsaturated/α-hetero) is 1. The van der Waals surface area contributed by atoms with Crippen LogP contribution in [0.15, 0.2) is 12.7 Å². The van der Waals surface area contributed by atoms with Crippen LogP contribution in [0.5, 0.6) is 0 Å². The maximum atomic E-state index is 12.8. The Morgan fingerprint density at radius 3 is 2.23 bits per heavy atom. The zero-order valence-corrected chi connectivity index (χ0v) is 44.0. The second-order valence-electron chi connectivity index (χ2n) is 18.0. The highest BCUT2D eigenvalue weighted by Crippen LogP contribution is 2.61. The Kier molecular flexibility index (Phi) is 24.9. The number of carbonyl (C=O) groups excluding carboxylic acids is 4. The first-order chi connectivity index (χ1) is 34.2. The minimum atomic E-state index is -5.60. The molecule has 0 spiro atoms. The minimum absolute atomic E-state index is 0.0192. The van der Waals surface area contributed by atoms with E-state index in [0.29, 0.717) is 19.4 Å². The van der Waals surface area contributed by atoms with E-state index in [0.717, 1.165) is 73.9 Å². The highest BCUT2D eigenvalue weighted by atomic mass is 32.2. The normalized spacial score (nSPS) is 24.7. The molecule has 73 heavy (non-hydrogen) atoms. The molecule has 416 valence electrons. The average molecular weight is 1120 g/mol. The van der Waals surface area contributed by atoms with Crippen molar-refractivity contribution in [2.75, 3.05) is 44.4 Å². The fourth-order valence-electron chi connectivity index (χ4n) is 7.37. The third kappa shape index (κ3) is 21.2. The van der Waals surface area contributed by atoms with E-state index < -0.39 is 103 Å². The number of phosphoric acid groups is 3. The van der Waals surface area contributed by atoms with Crippen molar-refractivity contribution in [1.29, 1.82) is 0 Å². The number of phosphoric ester groups is 3. The van der Waals surface area contributed by atoms with Gasteiger partial charge in [-0.2, -0.15) is 4.31 Å². The molecular weight excluding hydrogens is 1060 g/mol. The summed E-state index contributed by atoms with van der Waals surface area (Å²) in [4.78, 5) is 101. The van der Waals surface area contributed by atoms with Gasteiger partial charge in [-0.05, 0) is 19.8 Å². The molecule has 12 N–H and O–H groups in total. The molecule has 0 saturated carbocycles. The smallest absolute Gasteiger partial charge is 0.390 e. The van der Waals surface area contributed by atoms with Crippen LogP contribution in [0.25, 0.3) is 11.2 Å². The third-order valence-corrected chi connectivity index (χ3v) is 15.4. The largest absolute Gasteiger partial charge is 0.481 e. The predicted octanol–water partition coefficient (Wildman–Crippen LogP) is 1.01. The van der Waals surface area contributed by atoms with E-state index in [1.165, 1.54) is 13.8 Å². The van der Waals surface area contributed by atoms with Gasteiger partial charge in [0.2, 0.25) is 11.8 Å². The summed E-state index contributed by atoms with van der Waals surface area (Å²) in [5.41, 5.74) is 4.21. The number of ketones is 1. The fraction of sp³-hybridized carbons (Fsp3) is 0.775. The van der Waals surface area contributed by atoms with E-state index in [4.69, 9.17) is 29.0 Å². The van der Waals surface area contributed by atoms with Gasteiger partial charge in [-0.1, -0.05) is 64.1 Å². The van der Waals surface area contributed by atoms with Crippen LogP contribution in [0.1, 0.15) is 104 Å². The number of aliphatic hydroxyl groups excluding tert-OH is 4. The van der Waals surface area contributed by atoms with Gasteiger partial charge in [0.25, 0.3) is 0 Å². The van der Waals surface area contributed by atoms with Crippen LogP contribution < -0.4 is 16.4 Å². The van der Waals surface area contributed by atoms with Crippen molar-refractivity contribution < 1.29 is 105 Å². The summed E-state index contributed by atoms with van der Waals surface area (Å²) in [6.07, 6.45) is -2.02.